The number of aromatic nitrogens is 2. The number of rotatable bonds is 2. The number of amides is 1. The topological polar surface area (TPSA) is 67.7 Å². The summed E-state index contributed by atoms with van der Waals surface area (Å²) in [4.78, 5) is 28.2. The highest BCUT2D eigenvalue weighted by molar-refractivity contribution is 5.92. The first-order valence-corrected chi connectivity index (χ1v) is 8.24. The molecule has 1 amide bonds. The fourth-order valence-corrected chi connectivity index (χ4v) is 3.39. The van der Waals surface area contributed by atoms with Gasteiger partial charge in [-0.25, -0.2) is 4.68 Å². The Kier molecular flexibility index (Phi) is 4.77. The van der Waals surface area contributed by atoms with Gasteiger partial charge in [-0.3, -0.25) is 14.5 Å². The summed E-state index contributed by atoms with van der Waals surface area (Å²) in [5.41, 5.74) is 0.132. The maximum atomic E-state index is 12.5. The Labute approximate surface area is 135 Å². The van der Waals surface area contributed by atoms with Crippen LogP contribution in [0.4, 0.5) is 0 Å². The third kappa shape index (κ3) is 3.61. The van der Waals surface area contributed by atoms with Crippen LogP contribution in [0.25, 0.3) is 0 Å². The van der Waals surface area contributed by atoms with E-state index in [1.54, 1.807) is 7.05 Å². The van der Waals surface area contributed by atoms with Crippen molar-refractivity contribution in [2.45, 2.75) is 31.9 Å². The molecule has 1 aromatic rings. The van der Waals surface area contributed by atoms with Crippen molar-refractivity contribution in [1.29, 1.82) is 0 Å². The molecule has 3 heterocycles. The molecule has 2 aliphatic heterocycles. The van der Waals surface area contributed by atoms with Crippen molar-refractivity contribution in [1.82, 2.24) is 19.6 Å². The standard InChI is InChI=1S/C16H24N4O3/c1-12-11-20(9-10-23-12)13-5-7-19(8-6-13)16(22)14-3-4-15(21)18(2)17-14/h3-4,12-13H,5-11H2,1-2H3/t12-/m1/s1. The van der Waals surface area contributed by atoms with Gasteiger partial charge in [-0.2, -0.15) is 5.10 Å². The highest BCUT2D eigenvalue weighted by atomic mass is 16.5. The molecule has 126 valence electrons. The number of piperidine rings is 1. The quantitative estimate of drug-likeness (QED) is 0.773. The molecule has 0 radical (unpaired) electrons. The minimum Gasteiger partial charge on any atom is -0.376 e. The third-order valence-corrected chi connectivity index (χ3v) is 4.72. The number of aryl methyl sites for hydroxylation is 1. The minimum absolute atomic E-state index is 0.0885. The third-order valence-electron chi connectivity index (χ3n) is 4.72. The minimum atomic E-state index is -0.207. The van der Waals surface area contributed by atoms with E-state index in [0.29, 0.717) is 17.8 Å². The van der Waals surface area contributed by atoms with Gasteiger partial charge in [-0.05, 0) is 25.8 Å². The van der Waals surface area contributed by atoms with Crippen molar-refractivity contribution >= 4 is 5.91 Å². The lowest BCUT2D eigenvalue weighted by molar-refractivity contribution is -0.0424. The van der Waals surface area contributed by atoms with Gasteiger partial charge in [0.15, 0.2) is 0 Å². The van der Waals surface area contributed by atoms with Crippen molar-refractivity contribution in [3.8, 4) is 0 Å². The summed E-state index contributed by atoms with van der Waals surface area (Å²) in [7, 11) is 1.56. The van der Waals surface area contributed by atoms with E-state index in [-0.39, 0.29) is 11.5 Å². The largest absolute Gasteiger partial charge is 0.376 e. The van der Waals surface area contributed by atoms with Crippen LogP contribution in [0, 0.1) is 0 Å². The van der Waals surface area contributed by atoms with Gasteiger partial charge in [0.1, 0.15) is 5.69 Å². The van der Waals surface area contributed by atoms with Crippen LogP contribution in [0.3, 0.4) is 0 Å². The van der Waals surface area contributed by atoms with Crippen molar-refractivity contribution in [3.63, 3.8) is 0 Å². The number of hydrogen-bond acceptors (Lipinski definition) is 5. The van der Waals surface area contributed by atoms with Crippen molar-refractivity contribution in [2.75, 3.05) is 32.8 Å². The van der Waals surface area contributed by atoms with Gasteiger partial charge in [-0.15, -0.1) is 0 Å². The molecule has 1 aromatic heterocycles. The van der Waals surface area contributed by atoms with Crippen LogP contribution in [0.2, 0.25) is 0 Å². The Morgan fingerprint density at radius 2 is 2.00 bits per heavy atom. The Morgan fingerprint density at radius 3 is 2.65 bits per heavy atom. The first-order valence-electron chi connectivity index (χ1n) is 8.24. The fraction of sp³-hybridized carbons (Fsp3) is 0.688. The molecule has 7 heteroatoms. The summed E-state index contributed by atoms with van der Waals surface area (Å²) in [6, 6.07) is 3.43. The molecule has 2 fully saturated rings. The molecule has 23 heavy (non-hydrogen) atoms. The predicted molar refractivity (Wildman–Crippen MR) is 85.4 cm³/mol. The molecule has 0 N–H and O–H groups in total. The van der Waals surface area contributed by atoms with E-state index in [4.69, 9.17) is 4.74 Å². The summed E-state index contributed by atoms with van der Waals surface area (Å²) in [6.07, 6.45) is 2.24. The van der Waals surface area contributed by atoms with Crippen molar-refractivity contribution in [3.05, 3.63) is 28.2 Å². The van der Waals surface area contributed by atoms with E-state index < -0.39 is 0 Å². The number of hydrogen-bond donors (Lipinski definition) is 0. The smallest absolute Gasteiger partial charge is 0.274 e. The lowest BCUT2D eigenvalue weighted by atomic mass is 10.0. The first kappa shape index (κ1) is 16.1. The summed E-state index contributed by atoms with van der Waals surface area (Å²) in [5, 5.41) is 4.05. The van der Waals surface area contributed by atoms with Crippen LogP contribution in [0.15, 0.2) is 16.9 Å². The second-order valence-electron chi connectivity index (χ2n) is 6.38. The molecular formula is C16H24N4O3. The number of nitrogens with zero attached hydrogens (tertiary/aromatic N) is 4. The molecule has 0 aliphatic carbocycles. The van der Waals surface area contributed by atoms with Gasteiger partial charge in [0.05, 0.1) is 12.7 Å². The Balaban J connectivity index is 1.58. The summed E-state index contributed by atoms with van der Waals surface area (Å²) < 4.78 is 6.80. The Morgan fingerprint density at radius 1 is 1.26 bits per heavy atom. The van der Waals surface area contributed by atoms with Crippen LogP contribution in [0.1, 0.15) is 30.3 Å². The predicted octanol–water partition coefficient (Wildman–Crippen LogP) is 0.106. The molecule has 7 nitrogen and oxygen atoms in total. The van der Waals surface area contributed by atoms with Crippen LogP contribution in [-0.4, -0.2) is 70.4 Å². The molecule has 0 aromatic carbocycles. The van der Waals surface area contributed by atoms with E-state index in [0.717, 1.165) is 45.6 Å². The van der Waals surface area contributed by atoms with Gasteiger partial charge in [-0.1, -0.05) is 0 Å². The zero-order valence-electron chi connectivity index (χ0n) is 13.8. The SMILES string of the molecule is C[C@@H]1CN(C2CCN(C(=O)c3ccc(=O)n(C)n3)CC2)CCO1. The lowest BCUT2D eigenvalue weighted by Crippen LogP contribution is -2.51. The molecule has 0 spiro atoms. The maximum Gasteiger partial charge on any atom is 0.274 e. The highest BCUT2D eigenvalue weighted by Crippen LogP contribution is 2.20. The zero-order valence-corrected chi connectivity index (χ0v) is 13.8. The number of carbonyl (C=O) groups excluding carboxylic acids is 1. The second kappa shape index (κ2) is 6.80. The molecule has 3 rings (SSSR count). The summed E-state index contributed by atoms with van der Waals surface area (Å²) in [6.45, 7) is 6.32. The van der Waals surface area contributed by atoms with Crippen LogP contribution in [0.5, 0.6) is 0 Å². The van der Waals surface area contributed by atoms with Crippen LogP contribution < -0.4 is 5.56 Å². The first-order chi connectivity index (χ1) is 11.0. The second-order valence-corrected chi connectivity index (χ2v) is 6.38. The van der Waals surface area contributed by atoms with E-state index in [9.17, 15) is 9.59 Å². The van der Waals surface area contributed by atoms with Crippen LogP contribution >= 0.6 is 0 Å². The van der Waals surface area contributed by atoms with Gasteiger partial charge in [0.25, 0.3) is 11.5 Å². The number of ether oxygens (including phenoxy) is 1. The number of carbonyl (C=O) groups is 1. The van der Waals surface area contributed by atoms with Crippen molar-refractivity contribution in [2.24, 2.45) is 7.05 Å². The molecular weight excluding hydrogens is 296 g/mol. The molecule has 2 saturated heterocycles. The van der Waals surface area contributed by atoms with Crippen molar-refractivity contribution < 1.29 is 9.53 Å². The van der Waals surface area contributed by atoms with E-state index in [2.05, 4.69) is 16.9 Å². The molecule has 0 saturated carbocycles. The molecule has 0 bridgehead atoms. The number of morpholine rings is 1. The van der Waals surface area contributed by atoms with E-state index in [1.165, 1.54) is 16.8 Å². The fourth-order valence-electron chi connectivity index (χ4n) is 3.39. The van der Waals surface area contributed by atoms with Crippen LogP contribution in [-0.2, 0) is 11.8 Å². The van der Waals surface area contributed by atoms with E-state index >= 15 is 0 Å². The lowest BCUT2D eigenvalue weighted by Gasteiger charge is -2.41. The van der Waals surface area contributed by atoms with Gasteiger partial charge >= 0.3 is 0 Å². The Hall–Kier alpha value is -1.73. The number of likely N-dealkylation sites (tertiary alicyclic amines) is 1. The van der Waals surface area contributed by atoms with Gasteiger partial charge in [0.2, 0.25) is 0 Å². The maximum absolute atomic E-state index is 12.5. The Bertz CT molecular complexity index is 622. The van der Waals surface area contributed by atoms with E-state index in [1.807, 2.05) is 4.90 Å². The highest BCUT2D eigenvalue weighted by Gasteiger charge is 2.30. The summed E-state index contributed by atoms with van der Waals surface area (Å²) >= 11 is 0. The van der Waals surface area contributed by atoms with Gasteiger partial charge < -0.3 is 9.64 Å². The monoisotopic (exact) mass is 320 g/mol. The molecule has 1 atom stereocenters. The zero-order chi connectivity index (χ0) is 16.4. The average molecular weight is 320 g/mol. The normalized spacial score (nSPS) is 23.9. The van der Waals surface area contributed by atoms with Gasteiger partial charge in [0, 0.05) is 45.3 Å². The summed E-state index contributed by atoms with van der Waals surface area (Å²) in [5.74, 6) is -0.0885. The average Bonchev–Trinajstić information content (AvgIpc) is 2.57. The molecule has 0 unspecified atom stereocenters. The molecule has 2 aliphatic rings.